The van der Waals surface area contributed by atoms with Gasteiger partial charge in [-0.25, -0.2) is 15.0 Å². The fourth-order valence-corrected chi connectivity index (χ4v) is 6.97. The summed E-state index contributed by atoms with van der Waals surface area (Å²) in [4.78, 5) is 15.1. The van der Waals surface area contributed by atoms with Gasteiger partial charge in [-0.05, 0) is 73.8 Å². The minimum Gasteiger partial charge on any atom is -0.456 e. The van der Waals surface area contributed by atoms with Crippen LogP contribution in [0, 0.1) is 0 Å². The van der Waals surface area contributed by atoms with Crippen molar-refractivity contribution in [1.82, 2.24) is 15.0 Å². The topological polar surface area (TPSA) is 51.8 Å². The van der Waals surface area contributed by atoms with Crippen LogP contribution in [0.25, 0.3) is 99.5 Å². The van der Waals surface area contributed by atoms with Crippen molar-refractivity contribution < 1.29 is 4.42 Å². The molecular weight excluding hydrogens is 599 g/mol. The van der Waals surface area contributed by atoms with E-state index in [4.69, 9.17) is 19.4 Å². The lowest BCUT2D eigenvalue weighted by molar-refractivity contribution is 0.669. The van der Waals surface area contributed by atoms with Crippen LogP contribution in [0.4, 0.5) is 0 Å². The van der Waals surface area contributed by atoms with Gasteiger partial charge in [0.2, 0.25) is 0 Å². The Labute approximate surface area is 282 Å². The molecule has 0 radical (unpaired) electrons. The van der Waals surface area contributed by atoms with E-state index in [0.29, 0.717) is 17.5 Å². The second-order valence-electron chi connectivity index (χ2n) is 12.5. The summed E-state index contributed by atoms with van der Waals surface area (Å²) in [6, 6.07) is 57.0. The van der Waals surface area contributed by atoms with Gasteiger partial charge in [0.25, 0.3) is 0 Å². The third-order valence-electron chi connectivity index (χ3n) is 9.47. The molecule has 0 atom stereocenters. The summed E-state index contributed by atoms with van der Waals surface area (Å²) in [7, 11) is 0. The van der Waals surface area contributed by atoms with E-state index in [2.05, 4.69) is 158 Å². The predicted octanol–water partition coefficient (Wildman–Crippen LogP) is 11.9. The molecule has 2 aromatic heterocycles. The maximum Gasteiger partial charge on any atom is 0.164 e. The molecule has 8 aromatic carbocycles. The number of hydrogen-bond acceptors (Lipinski definition) is 4. The summed E-state index contributed by atoms with van der Waals surface area (Å²) in [5, 5.41) is 9.25. The number of benzene rings is 8. The fraction of sp³-hybridized carbons (Fsp3) is 0. The summed E-state index contributed by atoms with van der Waals surface area (Å²) in [6.45, 7) is 0. The van der Waals surface area contributed by atoms with Crippen molar-refractivity contribution in [2.75, 3.05) is 0 Å². The molecule has 0 spiro atoms. The van der Waals surface area contributed by atoms with Crippen LogP contribution >= 0.6 is 0 Å². The zero-order chi connectivity index (χ0) is 32.3. The highest BCUT2D eigenvalue weighted by molar-refractivity contribution is 6.15. The fourth-order valence-electron chi connectivity index (χ4n) is 6.97. The number of hydrogen-bond donors (Lipinski definition) is 0. The van der Waals surface area contributed by atoms with Crippen molar-refractivity contribution in [3.63, 3.8) is 0 Å². The van der Waals surface area contributed by atoms with Crippen molar-refractivity contribution in [2.45, 2.75) is 0 Å². The van der Waals surface area contributed by atoms with Crippen molar-refractivity contribution in [3.05, 3.63) is 164 Å². The van der Waals surface area contributed by atoms with E-state index in [0.717, 1.165) is 60.5 Å². The molecule has 0 N–H and O–H groups in total. The first-order valence-corrected chi connectivity index (χ1v) is 16.4. The number of furan rings is 1. The van der Waals surface area contributed by atoms with E-state index >= 15 is 0 Å². The van der Waals surface area contributed by atoms with Gasteiger partial charge in [0, 0.05) is 27.5 Å². The van der Waals surface area contributed by atoms with Crippen LogP contribution in [0.2, 0.25) is 0 Å². The average molecular weight is 626 g/mol. The molecule has 4 nitrogen and oxygen atoms in total. The van der Waals surface area contributed by atoms with Gasteiger partial charge in [0.1, 0.15) is 11.2 Å². The van der Waals surface area contributed by atoms with Crippen LogP contribution in [0.5, 0.6) is 0 Å². The molecule has 10 rings (SSSR count). The smallest absolute Gasteiger partial charge is 0.164 e. The zero-order valence-electron chi connectivity index (χ0n) is 26.3. The van der Waals surface area contributed by atoms with E-state index in [1.165, 1.54) is 21.5 Å². The lowest BCUT2D eigenvalue weighted by Crippen LogP contribution is -2.00. The first-order chi connectivity index (χ1) is 24.2. The Hall–Kier alpha value is -6.65. The summed E-state index contributed by atoms with van der Waals surface area (Å²) in [6.07, 6.45) is 0. The maximum absolute atomic E-state index is 6.35. The highest BCUT2D eigenvalue weighted by Crippen LogP contribution is 2.39. The summed E-state index contributed by atoms with van der Waals surface area (Å²) < 4.78 is 6.35. The van der Waals surface area contributed by atoms with Gasteiger partial charge >= 0.3 is 0 Å². The van der Waals surface area contributed by atoms with Crippen LogP contribution in [0.1, 0.15) is 0 Å². The summed E-state index contributed by atoms with van der Waals surface area (Å²) in [5.41, 5.74) is 6.82. The first-order valence-electron chi connectivity index (χ1n) is 16.4. The summed E-state index contributed by atoms with van der Waals surface area (Å²) >= 11 is 0. The molecule has 4 heteroatoms. The maximum atomic E-state index is 6.35. The molecular formula is C45H27N3O. The van der Waals surface area contributed by atoms with Crippen LogP contribution in [0.15, 0.2) is 168 Å². The van der Waals surface area contributed by atoms with Gasteiger partial charge in [-0.15, -0.1) is 0 Å². The molecule has 0 fully saturated rings. The molecule has 0 aliphatic carbocycles. The van der Waals surface area contributed by atoms with Gasteiger partial charge in [0.05, 0.1) is 0 Å². The van der Waals surface area contributed by atoms with E-state index < -0.39 is 0 Å². The third kappa shape index (κ3) is 4.73. The standard InChI is InChI=1S/C45H27N3O/c1-3-10-32-24-36(22-16-28(32)8-1)44-46-43(47-45(48-44)37-23-17-29-9-2-4-11-33(29)25-37)31-20-18-30(19-21-31)38-14-7-15-40-42(38)39-26-34-12-5-6-13-35(34)27-41(39)49-40/h1-27H. The van der Waals surface area contributed by atoms with Gasteiger partial charge in [-0.2, -0.15) is 0 Å². The molecule has 0 bridgehead atoms. The second-order valence-corrected chi connectivity index (χ2v) is 12.5. The van der Waals surface area contributed by atoms with E-state index in [1.807, 2.05) is 6.07 Å². The predicted molar refractivity (Wildman–Crippen MR) is 201 cm³/mol. The van der Waals surface area contributed by atoms with Gasteiger partial charge in [0.15, 0.2) is 17.5 Å². The quantitative estimate of drug-likeness (QED) is 0.195. The lowest BCUT2D eigenvalue weighted by Gasteiger charge is -2.10. The Kier molecular flexibility index (Phi) is 6.15. The normalized spacial score (nSPS) is 11.7. The first kappa shape index (κ1) is 27.5. The van der Waals surface area contributed by atoms with Crippen LogP contribution < -0.4 is 0 Å². The number of aromatic nitrogens is 3. The van der Waals surface area contributed by atoms with Crippen molar-refractivity contribution in [3.8, 4) is 45.3 Å². The van der Waals surface area contributed by atoms with Crippen LogP contribution in [-0.4, -0.2) is 15.0 Å². The number of nitrogens with zero attached hydrogens (tertiary/aromatic N) is 3. The Morgan fingerprint density at radius 2 is 0.796 bits per heavy atom. The van der Waals surface area contributed by atoms with Crippen molar-refractivity contribution in [2.24, 2.45) is 0 Å². The molecule has 228 valence electrons. The molecule has 0 saturated carbocycles. The number of rotatable bonds is 4. The summed E-state index contributed by atoms with van der Waals surface area (Å²) in [5.74, 6) is 1.92. The van der Waals surface area contributed by atoms with Gasteiger partial charge in [-0.3, -0.25) is 0 Å². The Balaban J connectivity index is 1.11. The minimum atomic E-state index is 0.631. The molecule has 49 heavy (non-hydrogen) atoms. The second kappa shape index (κ2) is 11.0. The van der Waals surface area contributed by atoms with E-state index in [9.17, 15) is 0 Å². The SMILES string of the molecule is c1ccc2cc(-c3nc(-c4ccc(-c5cccc6oc7cc8ccccc8cc7c56)cc4)nc(-c4ccc5ccccc5c4)n3)ccc2c1. The van der Waals surface area contributed by atoms with E-state index in [1.54, 1.807) is 0 Å². The Morgan fingerprint density at radius 3 is 1.39 bits per heavy atom. The monoisotopic (exact) mass is 625 g/mol. The van der Waals surface area contributed by atoms with E-state index in [-0.39, 0.29) is 0 Å². The molecule has 0 aliphatic rings. The molecule has 0 unspecified atom stereocenters. The Bertz CT molecular complexity index is 2790. The third-order valence-corrected chi connectivity index (χ3v) is 9.47. The minimum absolute atomic E-state index is 0.631. The number of fused-ring (bicyclic) bond motifs is 6. The van der Waals surface area contributed by atoms with Crippen molar-refractivity contribution >= 4 is 54.3 Å². The molecule has 2 heterocycles. The van der Waals surface area contributed by atoms with Gasteiger partial charge < -0.3 is 4.42 Å². The van der Waals surface area contributed by atoms with Crippen LogP contribution in [-0.2, 0) is 0 Å². The molecule has 0 aliphatic heterocycles. The average Bonchev–Trinajstić information content (AvgIpc) is 3.54. The highest BCUT2D eigenvalue weighted by Gasteiger charge is 2.16. The molecule has 0 amide bonds. The molecule has 0 saturated heterocycles. The largest absolute Gasteiger partial charge is 0.456 e. The van der Waals surface area contributed by atoms with Crippen molar-refractivity contribution in [1.29, 1.82) is 0 Å². The Morgan fingerprint density at radius 1 is 0.327 bits per heavy atom. The van der Waals surface area contributed by atoms with Crippen LogP contribution in [0.3, 0.4) is 0 Å². The van der Waals surface area contributed by atoms with Gasteiger partial charge in [-0.1, -0.05) is 133 Å². The highest BCUT2D eigenvalue weighted by atomic mass is 16.3. The lowest BCUT2D eigenvalue weighted by atomic mass is 9.97. The zero-order valence-corrected chi connectivity index (χ0v) is 26.3. The molecule has 10 aromatic rings.